The molecule has 1 aliphatic rings. The lowest BCUT2D eigenvalue weighted by Gasteiger charge is -2.22. The van der Waals surface area contributed by atoms with Gasteiger partial charge in [0.25, 0.3) is 0 Å². The quantitative estimate of drug-likeness (QED) is 0.478. The summed E-state index contributed by atoms with van der Waals surface area (Å²) in [7, 11) is 0. The Balaban J connectivity index is 0.00000176. The van der Waals surface area contributed by atoms with Crippen molar-refractivity contribution in [3.63, 3.8) is 0 Å². The molecule has 0 bridgehead atoms. The number of halogens is 1. The highest BCUT2D eigenvalue weighted by Gasteiger charge is 2.22. The van der Waals surface area contributed by atoms with Gasteiger partial charge in [0.05, 0.1) is 13.1 Å². The van der Waals surface area contributed by atoms with E-state index in [1.807, 2.05) is 16.9 Å². The highest BCUT2D eigenvalue weighted by molar-refractivity contribution is 14.0. The molecule has 0 aliphatic carbocycles. The first-order valence-corrected chi connectivity index (χ1v) is 7.49. The van der Waals surface area contributed by atoms with Crippen LogP contribution in [0, 0.1) is 0 Å². The van der Waals surface area contributed by atoms with Crippen molar-refractivity contribution >= 4 is 35.6 Å². The van der Waals surface area contributed by atoms with E-state index >= 15 is 0 Å². The van der Waals surface area contributed by atoms with E-state index in [1.165, 1.54) is 11.3 Å². The van der Waals surface area contributed by atoms with Gasteiger partial charge in [-0.05, 0) is 31.0 Å². The van der Waals surface area contributed by atoms with E-state index in [0.717, 1.165) is 38.6 Å². The number of hydrogen-bond donors (Lipinski definition) is 1. The molecule has 6 heteroatoms. The molecule has 0 saturated heterocycles. The number of nitrogens with zero attached hydrogens (tertiary/aromatic N) is 4. The first kappa shape index (κ1) is 16.8. The zero-order chi connectivity index (χ0) is 14.5. The molecular formula is C16H22IN5. The number of aromatic nitrogens is 2. The molecule has 0 fully saturated rings. The van der Waals surface area contributed by atoms with Crippen LogP contribution in [0.5, 0.6) is 0 Å². The molecule has 3 rings (SSSR count). The van der Waals surface area contributed by atoms with Gasteiger partial charge in [-0.3, -0.25) is 9.67 Å². The van der Waals surface area contributed by atoms with Gasteiger partial charge in [-0.1, -0.05) is 18.2 Å². The lowest BCUT2D eigenvalue weighted by molar-refractivity contribution is 0.623. The van der Waals surface area contributed by atoms with Crippen LogP contribution < -0.4 is 10.2 Å². The largest absolute Gasteiger partial charge is 0.356 e. The molecule has 5 nitrogen and oxygen atoms in total. The Labute approximate surface area is 148 Å². The van der Waals surface area contributed by atoms with Crippen LogP contribution in [0.1, 0.15) is 12.5 Å². The van der Waals surface area contributed by atoms with Gasteiger partial charge < -0.3 is 10.2 Å². The van der Waals surface area contributed by atoms with Crippen molar-refractivity contribution < 1.29 is 0 Å². The van der Waals surface area contributed by atoms with Crippen molar-refractivity contribution in [1.82, 2.24) is 15.1 Å². The summed E-state index contributed by atoms with van der Waals surface area (Å²) in [6.45, 7) is 5.50. The molecule has 1 N–H and O–H groups in total. The van der Waals surface area contributed by atoms with Gasteiger partial charge in [0.15, 0.2) is 5.96 Å². The topological polar surface area (TPSA) is 45.5 Å². The zero-order valence-electron chi connectivity index (χ0n) is 12.8. The van der Waals surface area contributed by atoms with Crippen LogP contribution in [0.3, 0.4) is 0 Å². The summed E-state index contributed by atoms with van der Waals surface area (Å²) in [6, 6.07) is 10.5. The van der Waals surface area contributed by atoms with Crippen LogP contribution in [0.15, 0.2) is 47.7 Å². The molecule has 0 radical (unpaired) electrons. The summed E-state index contributed by atoms with van der Waals surface area (Å²) in [5.74, 6) is 0.967. The Kier molecular flexibility index (Phi) is 6.23. The average molecular weight is 411 g/mol. The number of hydrogen-bond acceptors (Lipinski definition) is 2. The van der Waals surface area contributed by atoms with E-state index in [2.05, 4.69) is 46.5 Å². The molecule has 2 aromatic rings. The van der Waals surface area contributed by atoms with Crippen LogP contribution in [0.25, 0.3) is 0 Å². The van der Waals surface area contributed by atoms with Crippen LogP contribution in [-0.2, 0) is 13.0 Å². The third-order valence-electron chi connectivity index (χ3n) is 3.63. The fraction of sp³-hybridized carbons (Fsp3) is 0.375. The van der Waals surface area contributed by atoms with Crippen LogP contribution >= 0.6 is 24.0 Å². The van der Waals surface area contributed by atoms with Gasteiger partial charge in [-0.2, -0.15) is 5.10 Å². The van der Waals surface area contributed by atoms with E-state index in [4.69, 9.17) is 4.99 Å². The van der Waals surface area contributed by atoms with Crippen molar-refractivity contribution in [3.05, 3.63) is 48.3 Å². The van der Waals surface area contributed by atoms with Crippen molar-refractivity contribution in [3.8, 4) is 0 Å². The number of nitrogens with one attached hydrogen (secondary N) is 1. The average Bonchev–Trinajstić information content (AvgIpc) is 3.16. The first-order valence-electron chi connectivity index (χ1n) is 7.49. The molecule has 118 valence electrons. The van der Waals surface area contributed by atoms with Crippen LogP contribution in [0.4, 0.5) is 5.69 Å². The Morgan fingerprint density at radius 2 is 2.18 bits per heavy atom. The highest BCUT2D eigenvalue weighted by Crippen LogP contribution is 2.27. The maximum absolute atomic E-state index is 4.74. The van der Waals surface area contributed by atoms with E-state index in [9.17, 15) is 0 Å². The molecule has 1 aromatic carbocycles. The lowest BCUT2D eigenvalue weighted by atomic mass is 10.2. The second kappa shape index (κ2) is 8.17. The number of anilines is 1. The third kappa shape index (κ3) is 3.79. The van der Waals surface area contributed by atoms with Gasteiger partial charge in [0, 0.05) is 31.2 Å². The molecule has 1 aromatic heterocycles. The Morgan fingerprint density at radius 1 is 1.32 bits per heavy atom. The van der Waals surface area contributed by atoms with Gasteiger partial charge in [0.1, 0.15) is 0 Å². The maximum atomic E-state index is 4.74. The summed E-state index contributed by atoms with van der Waals surface area (Å²) in [4.78, 5) is 7.02. The van der Waals surface area contributed by atoms with E-state index in [-0.39, 0.29) is 24.0 Å². The van der Waals surface area contributed by atoms with Gasteiger partial charge in [0.2, 0.25) is 0 Å². The fourth-order valence-corrected chi connectivity index (χ4v) is 2.64. The van der Waals surface area contributed by atoms with Crippen molar-refractivity contribution in [2.45, 2.75) is 19.9 Å². The molecule has 0 spiro atoms. The SMILES string of the molecule is CCNC(=NCCn1cccn1)N1CCc2ccccc21.I. The van der Waals surface area contributed by atoms with Crippen molar-refractivity contribution in [1.29, 1.82) is 0 Å². The molecule has 0 unspecified atom stereocenters. The second-order valence-corrected chi connectivity index (χ2v) is 5.04. The number of fused-ring (bicyclic) bond motifs is 1. The van der Waals surface area contributed by atoms with E-state index < -0.39 is 0 Å². The van der Waals surface area contributed by atoms with Crippen LogP contribution in [0.2, 0.25) is 0 Å². The molecule has 22 heavy (non-hydrogen) atoms. The predicted molar refractivity (Wildman–Crippen MR) is 101 cm³/mol. The second-order valence-electron chi connectivity index (χ2n) is 5.04. The lowest BCUT2D eigenvalue weighted by Crippen LogP contribution is -2.40. The van der Waals surface area contributed by atoms with Gasteiger partial charge >= 0.3 is 0 Å². The summed E-state index contributed by atoms with van der Waals surface area (Å²) < 4.78 is 1.91. The van der Waals surface area contributed by atoms with E-state index in [1.54, 1.807) is 6.20 Å². The zero-order valence-corrected chi connectivity index (χ0v) is 15.1. The first-order chi connectivity index (χ1) is 10.4. The molecular weight excluding hydrogens is 389 g/mol. The number of rotatable bonds is 4. The van der Waals surface area contributed by atoms with Gasteiger partial charge in [-0.15, -0.1) is 24.0 Å². The predicted octanol–water partition coefficient (Wildman–Crippen LogP) is 2.53. The maximum Gasteiger partial charge on any atom is 0.198 e. The summed E-state index contributed by atoms with van der Waals surface area (Å²) in [5.41, 5.74) is 2.67. The fourth-order valence-electron chi connectivity index (χ4n) is 2.64. The van der Waals surface area contributed by atoms with Crippen molar-refractivity contribution in [2.75, 3.05) is 24.5 Å². The molecule has 0 atom stereocenters. The number of para-hydroxylation sites is 1. The Hall–Kier alpha value is -1.57. The minimum Gasteiger partial charge on any atom is -0.356 e. The Bertz CT molecular complexity index is 609. The molecule has 0 amide bonds. The third-order valence-corrected chi connectivity index (χ3v) is 3.63. The Morgan fingerprint density at radius 3 is 2.95 bits per heavy atom. The smallest absolute Gasteiger partial charge is 0.198 e. The minimum absolute atomic E-state index is 0. The standard InChI is InChI=1S/C16H21N5.HI/c1-2-17-16(18-10-13-20-11-5-9-19-20)21-12-8-14-6-3-4-7-15(14)21;/h3-7,9,11H,2,8,10,12-13H2,1H3,(H,17,18);1H. The minimum atomic E-state index is 0. The summed E-state index contributed by atoms with van der Waals surface area (Å²) >= 11 is 0. The summed E-state index contributed by atoms with van der Waals surface area (Å²) in [6.07, 6.45) is 4.85. The van der Waals surface area contributed by atoms with Crippen molar-refractivity contribution in [2.24, 2.45) is 4.99 Å². The molecule has 1 aliphatic heterocycles. The number of benzene rings is 1. The van der Waals surface area contributed by atoms with E-state index in [0.29, 0.717) is 0 Å². The monoisotopic (exact) mass is 411 g/mol. The van der Waals surface area contributed by atoms with Crippen LogP contribution in [-0.4, -0.2) is 35.4 Å². The summed E-state index contributed by atoms with van der Waals surface area (Å²) in [5, 5.41) is 7.60. The molecule has 2 heterocycles. The highest BCUT2D eigenvalue weighted by atomic mass is 127. The number of guanidine groups is 1. The number of aliphatic imine (C=N–C) groups is 1. The normalized spacial score (nSPS) is 13.7. The molecule has 0 saturated carbocycles. The van der Waals surface area contributed by atoms with Gasteiger partial charge in [-0.25, -0.2) is 0 Å².